The molecule has 2 aromatic heterocycles. The third kappa shape index (κ3) is 3.05. The van der Waals surface area contributed by atoms with Gasteiger partial charge in [0, 0.05) is 29.6 Å². The van der Waals surface area contributed by atoms with E-state index in [4.69, 9.17) is 0 Å². The second-order valence-electron chi connectivity index (χ2n) is 8.37. The van der Waals surface area contributed by atoms with E-state index in [1.165, 1.54) is 12.5 Å². The Morgan fingerprint density at radius 3 is 2.46 bits per heavy atom. The van der Waals surface area contributed by atoms with Gasteiger partial charge in [-0.1, -0.05) is 39.0 Å². The molecule has 0 fully saturated rings. The van der Waals surface area contributed by atoms with E-state index in [9.17, 15) is 4.79 Å². The van der Waals surface area contributed by atoms with Gasteiger partial charge >= 0.3 is 0 Å². The van der Waals surface area contributed by atoms with E-state index in [2.05, 4.69) is 72.0 Å². The predicted molar refractivity (Wildman–Crippen MR) is 116 cm³/mol. The molecule has 28 heavy (non-hydrogen) atoms. The van der Waals surface area contributed by atoms with Crippen LogP contribution in [0.3, 0.4) is 0 Å². The van der Waals surface area contributed by atoms with Crippen LogP contribution in [0.25, 0.3) is 27.6 Å². The highest BCUT2D eigenvalue weighted by atomic mass is 16.1. The molecule has 1 amide bonds. The molecule has 0 aliphatic rings. The molecule has 2 aromatic carbocycles. The molecule has 0 aliphatic heterocycles. The van der Waals surface area contributed by atoms with E-state index in [1.807, 2.05) is 25.3 Å². The molecule has 4 nitrogen and oxygen atoms in total. The van der Waals surface area contributed by atoms with Crippen LogP contribution in [0, 0.1) is 6.92 Å². The van der Waals surface area contributed by atoms with E-state index in [1.54, 1.807) is 0 Å². The molecular formula is C24H25N3O. The summed E-state index contributed by atoms with van der Waals surface area (Å²) in [5.74, 6) is 0.844. The number of hydrogen-bond acceptors (Lipinski definition) is 2. The molecule has 0 bridgehead atoms. The van der Waals surface area contributed by atoms with E-state index in [0.29, 0.717) is 0 Å². The molecule has 0 spiro atoms. The fourth-order valence-electron chi connectivity index (χ4n) is 3.70. The summed E-state index contributed by atoms with van der Waals surface area (Å²) >= 11 is 0. The molecular weight excluding hydrogens is 346 g/mol. The number of benzene rings is 2. The Bertz CT molecular complexity index is 1210. The first-order valence-electron chi connectivity index (χ1n) is 9.54. The number of fused-ring (bicyclic) bond motifs is 3. The summed E-state index contributed by atoms with van der Waals surface area (Å²) in [5.41, 5.74) is 5.36. The standard InChI is InChI=1S/C24H25N3O/c1-15-12-22-19(14-20(15)26-16(2)28)18-8-6-7-9-21(18)27(22)23-13-17(10-11-25-23)24(3,4)5/h6-14H,1-5H3,(H,26,28). The molecule has 0 saturated heterocycles. The molecule has 0 saturated carbocycles. The molecule has 2 heterocycles. The van der Waals surface area contributed by atoms with Gasteiger partial charge in [-0.25, -0.2) is 4.98 Å². The van der Waals surface area contributed by atoms with Crippen molar-refractivity contribution in [1.82, 2.24) is 9.55 Å². The number of amides is 1. The van der Waals surface area contributed by atoms with Crippen molar-refractivity contribution in [3.63, 3.8) is 0 Å². The van der Waals surface area contributed by atoms with Gasteiger partial charge in [0.25, 0.3) is 0 Å². The van der Waals surface area contributed by atoms with Gasteiger partial charge in [0.15, 0.2) is 0 Å². The van der Waals surface area contributed by atoms with E-state index >= 15 is 0 Å². The predicted octanol–water partition coefficient (Wildman–Crippen LogP) is 5.74. The molecule has 4 heteroatoms. The SMILES string of the molecule is CC(=O)Nc1cc2c3ccccc3n(-c3cc(C(C)(C)C)ccn3)c2cc1C. The normalized spacial score (nSPS) is 11.9. The maximum absolute atomic E-state index is 11.6. The summed E-state index contributed by atoms with van der Waals surface area (Å²) in [6, 6.07) is 16.8. The van der Waals surface area contributed by atoms with Gasteiger partial charge in [-0.05, 0) is 53.8 Å². The van der Waals surface area contributed by atoms with E-state index in [0.717, 1.165) is 38.9 Å². The van der Waals surface area contributed by atoms with Crippen molar-refractivity contribution in [2.24, 2.45) is 0 Å². The van der Waals surface area contributed by atoms with Gasteiger partial charge in [-0.3, -0.25) is 9.36 Å². The van der Waals surface area contributed by atoms with Crippen molar-refractivity contribution in [2.75, 3.05) is 5.32 Å². The number of nitrogens with zero attached hydrogens (tertiary/aromatic N) is 2. The zero-order chi connectivity index (χ0) is 20.1. The summed E-state index contributed by atoms with van der Waals surface area (Å²) < 4.78 is 2.21. The first-order chi connectivity index (χ1) is 13.3. The lowest BCUT2D eigenvalue weighted by molar-refractivity contribution is -0.114. The van der Waals surface area contributed by atoms with Crippen LogP contribution in [-0.4, -0.2) is 15.5 Å². The third-order valence-electron chi connectivity index (χ3n) is 5.17. The Kier molecular flexibility index (Phi) is 4.22. The summed E-state index contributed by atoms with van der Waals surface area (Å²) in [6.45, 7) is 10.2. The summed E-state index contributed by atoms with van der Waals surface area (Å²) in [7, 11) is 0. The minimum atomic E-state index is -0.0641. The van der Waals surface area contributed by atoms with Crippen LogP contribution in [0.4, 0.5) is 5.69 Å². The molecule has 1 N–H and O–H groups in total. The molecule has 4 aromatic rings. The molecule has 4 rings (SSSR count). The highest BCUT2D eigenvalue weighted by Crippen LogP contribution is 2.35. The van der Waals surface area contributed by atoms with Crippen molar-refractivity contribution < 1.29 is 4.79 Å². The summed E-state index contributed by atoms with van der Waals surface area (Å²) in [6.07, 6.45) is 1.88. The number of carbonyl (C=O) groups is 1. The zero-order valence-corrected chi connectivity index (χ0v) is 17.0. The first-order valence-corrected chi connectivity index (χ1v) is 9.54. The maximum atomic E-state index is 11.6. The number of anilines is 1. The van der Waals surface area contributed by atoms with E-state index in [-0.39, 0.29) is 11.3 Å². The highest BCUT2D eigenvalue weighted by Gasteiger charge is 2.18. The van der Waals surface area contributed by atoms with Gasteiger partial charge in [-0.2, -0.15) is 0 Å². The maximum Gasteiger partial charge on any atom is 0.221 e. The minimum absolute atomic E-state index is 0.0466. The zero-order valence-electron chi connectivity index (χ0n) is 17.0. The van der Waals surface area contributed by atoms with Crippen molar-refractivity contribution in [2.45, 2.75) is 40.0 Å². The Labute approximate surface area is 165 Å². The minimum Gasteiger partial charge on any atom is -0.326 e. The van der Waals surface area contributed by atoms with Crippen LogP contribution in [0.15, 0.2) is 54.7 Å². The Morgan fingerprint density at radius 1 is 1.00 bits per heavy atom. The fourth-order valence-corrected chi connectivity index (χ4v) is 3.70. The van der Waals surface area contributed by atoms with Crippen LogP contribution in [0.2, 0.25) is 0 Å². The van der Waals surface area contributed by atoms with Crippen LogP contribution in [0.1, 0.15) is 38.8 Å². The Balaban J connectivity index is 2.06. The number of aryl methyl sites for hydroxylation is 1. The van der Waals surface area contributed by atoms with Gasteiger partial charge in [0.05, 0.1) is 11.0 Å². The molecule has 0 radical (unpaired) electrons. The fraction of sp³-hybridized carbons (Fsp3) is 0.250. The largest absolute Gasteiger partial charge is 0.326 e. The molecule has 0 atom stereocenters. The number of para-hydroxylation sites is 1. The van der Waals surface area contributed by atoms with Gasteiger partial charge in [-0.15, -0.1) is 0 Å². The van der Waals surface area contributed by atoms with Crippen LogP contribution < -0.4 is 5.32 Å². The number of rotatable bonds is 2. The third-order valence-corrected chi connectivity index (χ3v) is 5.17. The van der Waals surface area contributed by atoms with Crippen LogP contribution >= 0.6 is 0 Å². The number of pyridine rings is 1. The number of carbonyl (C=O) groups excluding carboxylic acids is 1. The lowest BCUT2D eigenvalue weighted by Crippen LogP contribution is -2.12. The smallest absolute Gasteiger partial charge is 0.221 e. The van der Waals surface area contributed by atoms with Crippen molar-refractivity contribution in [1.29, 1.82) is 0 Å². The molecule has 142 valence electrons. The summed E-state index contributed by atoms with van der Waals surface area (Å²) in [5, 5.41) is 5.19. The van der Waals surface area contributed by atoms with Crippen LogP contribution in [0.5, 0.6) is 0 Å². The van der Waals surface area contributed by atoms with Gasteiger partial charge < -0.3 is 5.32 Å². The van der Waals surface area contributed by atoms with Crippen molar-refractivity contribution in [3.8, 4) is 5.82 Å². The number of hydrogen-bond donors (Lipinski definition) is 1. The summed E-state index contributed by atoms with van der Waals surface area (Å²) in [4.78, 5) is 16.3. The molecule has 0 unspecified atom stereocenters. The Morgan fingerprint density at radius 2 is 1.75 bits per heavy atom. The first kappa shape index (κ1) is 18.2. The number of nitrogens with one attached hydrogen (secondary N) is 1. The lowest BCUT2D eigenvalue weighted by Gasteiger charge is -2.20. The second kappa shape index (κ2) is 6.48. The number of aromatic nitrogens is 2. The van der Waals surface area contributed by atoms with Crippen LogP contribution in [-0.2, 0) is 10.2 Å². The second-order valence-corrected chi connectivity index (χ2v) is 8.37. The van der Waals surface area contributed by atoms with E-state index < -0.39 is 0 Å². The van der Waals surface area contributed by atoms with Gasteiger partial charge in [0.2, 0.25) is 5.91 Å². The van der Waals surface area contributed by atoms with Gasteiger partial charge in [0.1, 0.15) is 5.82 Å². The quantitative estimate of drug-likeness (QED) is 0.488. The average Bonchev–Trinajstić information content (AvgIpc) is 2.94. The average molecular weight is 371 g/mol. The van der Waals surface area contributed by atoms with Crippen molar-refractivity contribution >= 4 is 33.4 Å². The Hall–Kier alpha value is -3.14. The highest BCUT2D eigenvalue weighted by molar-refractivity contribution is 6.11. The molecule has 0 aliphatic carbocycles. The lowest BCUT2D eigenvalue weighted by atomic mass is 9.88. The monoisotopic (exact) mass is 371 g/mol. The topological polar surface area (TPSA) is 46.9 Å². The van der Waals surface area contributed by atoms with Crippen molar-refractivity contribution in [3.05, 3.63) is 65.9 Å².